The van der Waals surface area contributed by atoms with Crippen molar-refractivity contribution in [2.75, 3.05) is 45.3 Å². The summed E-state index contributed by atoms with van der Waals surface area (Å²) >= 11 is 0. The Hall–Kier alpha value is -1.59. The first-order valence-corrected chi connectivity index (χ1v) is 6.53. The number of benzene rings is 1. The van der Waals surface area contributed by atoms with Crippen LogP contribution in [0.15, 0.2) is 24.3 Å². The van der Waals surface area contributed by atoms with Gasteiger partial charge in [0.25, 0.3) is 5.91 Å². The van der Waals surface area contributed by atoms with E-state index in [4.69, 9.17) is 4.74 Å². The normalized spacial score (nSPS) is 18.9. The molecule has 1 aliphatic heterocycles. The fourth-order valence-corrected chi connectivity index (χ4v) is 1.98. The zero-order valence-electron chi connectivity index (χ0n) is 11.5. The van der Waals surface area contributed by atoms with Crippen molar-refractivity contribution < 1.29 is 9.53 Å². The molecule has 1 fully saturated rings. The van der Waals surface area contributed by atoms with Crippen LogP contribution < -0.4 is 15.5 Å². The van der Waals surface area contributed by atoms with Crippen LogP contribution in [0.1, 0.15) is 10.4 Å². The summed E-state index contributed by atoms with van der Waals surface area (Å²) in [5.41, 5.74) is 1.77. The first-order chi connectivity index (χ1) is 9.16. The lowest BCUT2D eigenvalue weighted by Gasteiger charge is -2.24. The number of ether oxygens (including phenoxy) is 1. The van der Waals surface area contributed by atoms with Gasteiger partial charge in [0.05, 0.1) is 13.2 Å². The van der Waals surface area contributed by atoms with Gasteiger partial charge < -0.3 is 20.3 Å². The van der Waals surface area contributed by atoms with Gasteiger partial charge in [-0.05, 0) is 24.3 Å². The molecule has 104 valence electrons. The Morgan fingerprint density at radius 3 is 2.74 bits per heavy atom. The molecule has 0 aliphatic carbocycles. The van der Waals surface area contributed by atoms with Crippen molar-refractivity contribution in [1.29, 1.82) is 0 Å². The van der Waals surface area contributed by atoms with Crippen LogP contribution in [-0.4, -0.2) is 52.3 Å². The van der Waals surface area contributed by atoms with Crippen LogP contribution in [-0.2, 0) is 4.74 Å². The van der Waals surface area contributed by atoms with E-state index in [1.54, 1.807) is 0 Å². The molecule has 5 heteroatoms. The number of anilines is 1. The number of rotatable bonds is 4. The van der Waals surface area contributed by atoms with E-state index >= 15 is 0 Å². The molecule has 0 radical (unpaired) electrons. The Balaban J connectivity index is 1.85. The van der Waals surface area contributed by atoms with Crippen molar-refractivity contribution in [3.8, 4) is 0 Å². The predicted molar refractivity (Wildman–Crippen MR) is 75.7 cm³/mol. The molecule has 0 aromatic heterocycles. The van der Waals surface area contributed by atoms with Crippen LogP contribution in [0.25, 0.3) is 0 Å². The Morgan fingerprint density at radius 1 is 1.42 bits per heavy atom. The summed E-state index contributed by atoms with van der Waals surface area (Å²) in [6.45, 7) is 2.84. The molecule has 2 rings (SSSR count). The van der Waals surface area contributed by atoms with Gasteiger partial charge >= 0.3 is 0 Å². The summed E-state index contributed by atoms with van der Waals surface area (Å²) in [6.07, 6.45) is 0. The van der Waals surface area contributed by atoms with E-state index < -0.39 is 0 Å². The van der Waals surface area contributed by atoms with Crippen LogP contribution in [0.4, 0.5) is 5.69 Å². The quantitative estimate of drug-likeness (QED) is 0.829. The molecule has 0 saturated carbocycles. The number of carbonyl (C=O) groups excluding carboxylic acids is 1. The Bertz CT molecular complexity index is 411. The van der Waals surface area contributed by atoms with Crippen molar-refractivity contribution in [3.05, 3.63) is 29.8 Å². The van der Waals surface area contributed by atoms with Gasteiger partial charge in [0, 0.05) is 44.5 Å². The van der Waals surface area contributed by atoms with Crippen molar-refractivity contribution in [1.82, 2.24) is 10.6 Å². The highest BCUT2D eigenvalue weighted by molar-refractivity contribution is 5.94. The van der Waals surface area contributed by atoms with E-state index in [2.05, 4.69) is 10.6 Å². The first kappa shape index (κ1) is 13.8. The molecule has 1 saturated heterocycles. The first-order valence-electron chi connectivity index (χ1n) is 6.53. The number of carbonyl (C=O) groups is 1. The van der Waals surface area contributed by atoms with Gasteiger partial charge in [0.15, 0.2) is 0 Å². The summed E-state index contributed by atoms with van der Waals surface area (Å²) in [4.78, 5) is 14.0. The molecule has 0 bridgehead atoms. The van der Waals surface area contributed by atoms with E-state index in [9.17, 15) is 4.79 Å². The predicted octanol–water partition coefficient (Wildman–Crippen LogP) is 0.471. The Morgan fingerprint density at radius 2 is 2.16 bits per heavy atom. The average Bonchev–Trinajstić information content (AvgIpc) is 2.46. The molecule has 1 aliphatic rings. The maximum absolute atomic E-state index is 12.0. The Kier molecular flexibility index (Phi) is 4.76. The highest BCUT2D eigenvalue weighted by Crippen LogP contribution is 2.12. The van der Waals surface area contributed by atoms with Crippen molar-refractivity contribution in [2.45, 2.75) is 6.04 Å². The minimum absolute atomic E-state index is 0.0438. The highest BCUT2D eigenvalue weighted by atomic mass is 16.5. The van der Waals surface area contributed by atoms with Gasteiger partial charge in [0.1, 0.15) is 0 Å². The van der Waals surface area contributed by atoms with Gasteiger partial charge in [-0.1, -0.05) is 0 Å². The largest absolute Gasteiger partial charge is 0.378 e. The fourth-order valence-electron chi connectivity index (χ4n) is 1.98. The van der Waals surface area contributed by atoms with Crippen LogP contribution in [0.2, 0.25) is 0 Å². The van der Waals surface area contributed by atoms with Gasteiger partial charge in [-0.2, -0.15) is 0 Å². The summed E-state index contributed by atoms with van der Waals surface area (Å²) in [5.74, 6) is -0.0438. The zero-order valence-corrected chi connectivity index (χ0v) is 11.5. The standard InChI is InChI=1S/C14H21N3O2/c1-17(2)13-5-3-11(4-6-13)14(18)16-9-12-10-19-8-7-15-12/h3-6,12,15H,7-10H2,1-2H3,(H,16,18). The third kappa shape index (κ3) is 3.94. The van der Waals surface area contributed by atoms with Crippen LogP contribution in [0.5, 0.6) is 0 Å². The number of hydrogen-bond donors (Lipinski definition) is 2. The summed E-state index contributed by atoms with van der Waals surface area (Å²) < 4.78 is 5.34. The average molecular weight is 263 g/mol. The summed E-state index contributed by atoms with van der Waals surface area (Å²) in [5, 5.41) is 6.23. The van der Waals surface area contributed by atoms with Crippen LogP contribution in [0.3, 0.4) is 0 Å². The molecule has 1 unspecified atom stereocenters. The lowest BCUT2D eigenvalue weighted by Crippen LogP contribution is -2.48. The van der Waals surface area contributed by atoms with Crippen molar-refractivity contribution in [2.24, 2.45) is 0 Å². The second-order valence-electron chi connectivity index (χ2n) is 4.88. The van der Waals surface area contributed by atoms with Crippen LogP contribution >= 0.6 is 0 Å². The maximum atomic E-state index is 12.0. The number of morpholine rings is 1. The number of nitrogens with zero attached hydrogens (tertiary/aromatic N) is 1. The fraction of sp³-hybridized carbons (Fsp3) is 0.500. The Labute approximate surface area is 113 Å². The topological polar surface area (TPSA) is 53.6 Å². The summed E-state index contributed by atoms with van der Waals surface area (Å²) in [7, 11) is 3.95. The summed E-state index contributed by atoms with van der Waals surface area (Å²) in [6, 6.07) is 7.78. The molecule has 1 heterocycles. The lowest BCUT2D eigenvalue weighted by molar-refractivity contribution is 0.0734. The molecule has 1 aromatic rings. The zero-order chi connectivity index (χ0) is 13.7. The molecule has 5 nitrogen and oxygen atoms in total. The molecule has 2 N–H and O–H groups in total. The maximum Gasteiger partial charge on any atom is 0.251 e. The van der Waals surface area contributed by atoms with Gasteiger partial charge in [-0.3, -0.25) is 4.79 Å². The van der Waals surface area contributed by atoms with Gasteiger partial charge in [0.2, 0.25) is 0 Å². The number of nitrogens with one attached hydrogen (secondary N) is 2. The minimum atomic E-state index is -0.0438. The third-order valence-electron chi connectivity index (χ3n) is 3.15. The van der Waals surface area contributed by atoms with E-state index in [-0.39, 0.29) is 11.9 Å². The third-order valence-corrected chi connectivity index (χ3v) is 3.15. The molecule has 1 aromatic carbocycles. The molecule has 1 atom stereocenters. The monoisotopic (exact) mass is 263 g/mol. The molecular weight excluding hydrogens is 242 g/mol. The molecule has 0 spiro atoms. The van der Waals surface area contributed by atoms with E-state index in [1.165, 1.54) is 0 Å². The van der Waals surface area contributed by atoms with E-state index in [1.807, 2.05) is 43.3 Å². The smallest absolute Gasteiger partial charge is 0.251 e. The van der Waals surface area contributed by atoms with Crippen molar-refractivity contribution >= 4 is 11.6 Å². The minimum Gasteiger partial charge on any atom is -0.378 e. The molecule has 1 amide bonds. The lowest BCUT2D eigenvalue weighted by atomic mass is 10.2. The van der Waals surface area contributed by atoms with E-state index in [0.29, 0.717) is 18.7 Å². The molecule has 19 heavy (non-hydrogen) atoms. The second kappa shape index (κ2) is 6.54. The van der Waals surface area contributed by atoms with E-state index in [0.717, 1.165) is 18.8 Å². The molecular formula is C14H21N3O2. The van der Waals surface area contributed by atoms with Gasteiger partial charge in [-0.25, -0.2) is 0 Å². The second-order valence-corrected chi connectivity index (χ2v) is 4.88. The number of amides is 1. The van der Waals surface area contributed by atoms with Gasteiger partial charge in [-0.15, -0.1) is 0 Å². The SMILES string of the molecule is CN(C)c1ccc(C(=O)NCC2COCCN2)cc1. The van der Waals surface area contributed by atoms with Crippen LogP contribution in [0, 0.1) is 0 Å². The highest BCUT2D eigenvalue weighted by Gasteiger charge is 2.14. The number of hydrogen-bond acceptors (Lipinski definition) is 4. The van der Waals surface area contributed by atoms with Crippen molar-refractivity contribution in [3.63, 3.8) is 0 Å².